The van der Waals surface area contributed by atoms with Gasteiger partial charge in [-0.2, -0.15) is 17.5 Å². The molecule has 0 heterocycles. The van der Waals surface area contributed by atoms with Crippen LogP contribution in [-0.2, 0) is 10.0 Å². The SMILES string of the molecule is Cc1c(N)cc(Br)cc1S(=O)(=O)N(CC(F)(F)F)C(C)C. The Morgan fingerprint density at radius 3 is 2.29 bits per heavy atom. The van der Waals surface area contributed by atoms with Gasteiger partial charge in [-0.1, -0.05) is 15.9 Å². The Bertz CT molecular complexity index is 630. The van der Waals surface area contributed by atoms with Gasteiger partial charge in [-0.05, 0) is 38.5 Å². The lowest BCUT2D eigenvalue weighted by atomic mass is 10.2. The Morgan fingerprint density at radius 1 is 1.33 bits per heavy atom. The fraction of sp³-hybridized carbons (Fsp3) is 0.500. The summed E-state index contributed by atoms with van der Waals surface area (Å²) in [5, 5.41) is 0. The molecule has 1 aromatic carbocycles. The fourth-order valence-electron chi connectivity index (χ4n) is 1.79. The summed E-state index contributed by atoms with van der Waals surface area (Å²) in [5.41, 5.74) is 6.11. The number of sulfonamides is 1. The minimum Gasteiger partial charge on any atom is -0.398 e. The van der Waals surface area contributed by atoms with Crippen molar-refractivity contribution in [1.82, 2.24) is 4.31 Å². The third-order valence-electron chi connectivity index (χ3n) is 2.86. The Labute approximate surface area is 130 Å². The number of nitrogens with two attached hydrogens (primary N) is 1. The molecule has 21 heavy (non-hydrogen) atoms. The van der Waals surface area contributed by atoms with Crippen molar-refractivity contribution in [3.8, 4) is 0 Å². The molecule has 4 nitrogen and oxygen atoms in total. The second-order valence-corrected chi connectivity index (χ2v) is 7.65. The highest BCUT2D eigenvalue weighted by atomic mass is 79.9. The average molecular weight is 389 g/mol. The van der Waals surface area contributed by atoms with Crippen LogP contribution in [0.25, 0.3) is 0 Å². The summed E-state index contributed by atoms with van der Waals surface area (Å²) in [6, 6.07) is 1.92. The Balaban J connectivity index is 3.44. The van der Waals surface area contributed by atoms with E-state index in [0.29, 0.717) is 8.78 Å². The maximum absolute atomic E-state index is 12.6. The number of halogens is 4. The number of rotatable bonds is 4. The summed E-state index contributed by atoms with van der Waals surface area (Å²) in [5.74, 6) is 0. The minimum atomic E-state index is -4.62. The molecule has 2 N–H and O–H groups in total. The number of anilines is 1. The van der Waals surface area contributed by atoms with E-state index in [1.807, 2.05) is 0 Å². The molecule has 0 atom stereocenters. The Hall–Kier alpha value is -0.800. The maximum atomic E-state index is 12.6. The van der Waals surface area contributed by atoms with Crippen LogP contribution in [-0.4, -0.2) is 31.5 Å². The zero-order chi connectivity index (χ0) is 16.6. The monoisotopic (exact) mass is 388 g/mol. The van der Waals surface area contributed by atoms with Gasteiger partial charge in [-0.3, -0.25) is 0 Å². The van der Waals surface area contributed by atoms with E-state index in [-0.39, 0.29) is 16.1 Å². The van der Waals surface area contributed by atoms with Gasteiger partial charge in [-0.15, -0.1) is 0 Å². The molecule has 9 heteroatoms. The molecular weight excluding hydrogens is 373 g/mol. The van der Waals surface area contributed by atoms with E-state index in [1.165, 1.54) is 32.9 Å². The molecule has 0 amide bonds. The van der Waals surface area contributed by atoms with Crippen molar-refractivity contribution in [3.05, 3.63) is 22.2 Å². The van der Waals surface area contributed by atoms with Crippen LogP contribution in [0.3, 0.4) is 0 Å². The molecule has 0 aliphatic heterocycles. The lowest BCUT2D eigenvalue weighted by Crippen LogP contribution is -2.43. The first kappa shape index (κ1) is 18.2. The molecule has 0 aliphatic carbocycles. The van der Waals surface area contributed by atoms with Crippen molar-refractivity contribution in [3.63, 3.8) is 0 Å². The average Bonchev–Trinajstić information content (AvgIpc) is 2.29. The summed E-state index contributed by atoms with van der Waals surface area (Å²) >= 11 is 3.10. The van der Waals surface area contributed by atoms with Crippen LogP contribution in [0.15, 0.2) is 21.5 Å². The third-order valence-corrected chi connectivity index (χ3v) is 5.47. The summed E-state index contributed by atoms with van der Waals surface area (Å²) in [6.45, 7) is 2.69. The molecule has 0 bridgehead atoms. The van der Waals surface area contributed by atoms with E-state index in [9.17, 15) is 21.6 Å². The van der Waals surface area contributed by atoms with Crippen LogP contribution in [0, 0.1) is 6.92 Å². The first-order valence-electron chi connectivity index (χ1n) is 6.00. The van der Waals surface area contributed by atoms with Crippen LogP contribution in [0.1, 0.15) is 19.4 Å². The molecular formula is C12H16BrF3N2O2S. The van der Waals surface area contributed by atoms with Gasteiger partial charge in [0.1, 0.15) is 6.54 Å². The lowest BCUT2D eigenvalue weighted by molar-refractivity contribution is -0.138. The Kier molecular flexibility index (Phi) is 5.33. The number of hydrogen-bond acceptors (Lipinski definition) is 3. The van der Waals surface area contributed by atoms with Crippen molar-refractivity contribution in [2.24, 2.45) is 0 Å². The fourth-order valence-corrected chi connectivity index (χ4v) is 4.32. The van der Waals surface area contributed by atoms with Crippen LogP contribution in [0.5, 0.6) is 0 Å². The predicted molar refractivity (Wildman–Crippen MR) is 78.4 cm³/mol. The molecule has 0 aromatic heterocycles. The molecule has 0 saturated carbocycles. The number of alkyl halides is 3. The molecule has 0 fully saturated rings. The van der Waals surface area contributed by atoms with Gasteiger partial charge in [0.05, 0.1) is 4.90 Å². The third kappa shape index (κ3) is 4.33. The predicted octanol–water partition coefficient (Wildman–Crippen LogP) is 3.30. The van der Waals surface area contributed by atoms with Crippen LogP contribution in [0.4, 0.5) is 18.9 Å². The van der Waals surface area contributed by atoms with E-state index < -0.39 is 28.8 Å². The van der Waals surface area contributed by atoms with Gasteiger partial charge in [-0.25, -0.2) is 8.42 Å². The maximum Gasteiger partial charge on any atom is 0.402 e. The molecule has 1 rings (SSSR count). The molecule has 0 aliphatic rings. The second-order valence-electron chi connectivity index (χ2n) is 4.88. The highest BCUT2D eigenvalue weighted by Gasteiger charge is 2.39. The zero-order valence-electron chi connectivity index (χ0n) is 11.7. The van der Waals surface area contributed by atoms with Gasteiger partial charge < -0.3 is 5.73 Å². The van der Waals surface area contributed by atoms with Crippen LogP contribution in [0.2, 0.25) is 0 Å². The van der Waals surface area contributed by atoms with Crippen molar-refractivity contribution in [1.29, 1.82) is 0 Å². The largest absolute Gasteiger partial charge is 0.402 e. The lowest BCUT2D eigenvalue weighted by Gasteiger charge is -2.27. The minimum absolute atomic E-state index is 0.193. The molecule has 0 spiro atoms. The first-order chi connectivity index (χ1) is 9.36. The van der Waals surface area contributed by atoms with Gasteiger partial charge in [0.25, 0.3) is 0 Å². The highest BCUT2D eigenvalue weighted by molar-refractivity contribution is 9.10. The normalized spacial score (nSPS) is 13.2. The summed E-state index contributed by atoms with van der Waals surface area (Å²) in [4.78, 5) is -0.229. The topological polar surface area (TPSA) is 63.4 Å². The number of hydrogen-bond donors (Lipinski definition) is 1. The van der Waals surface area contributed by atoms with Gasteiger partial charge in [0.2, 0.25) is 10.0 Å². The smallest absolute Gasteiger partial charge is 0.398 e. The summed E-state index contributed by atoms with van der Waals surface area (Å²) < 4.78 is 63.8. The van der Waals surface area contributed by atoms with Crippen molar-refractivity contribution < 1.29 is 21.6 Å². The van der Waals surface area contributed by atoms with E-state index in [2.05, 4.69) is 15.9 Å². The summed E-state index contributed by atoms with van der Waals surface area (Å²) in [6.07, 6.45) is -4.62. The van der Waals surface area contributed by atoms with Gasteiger partial charge >= 0.3 is 6.18 Å². The highest BCUT2D eigenvalue weighted by Crippen LogP contribution is 2.31. The molecule has 120 valence electrons. The number of benzene rings is 1. The Morgan fingerprint density at radius 2 is 1.86 bits per heavy atom. The standard InChI is InChI=1S/C12H16BrF3N2O2S/c1-7(2)18(6-12(14,15)16)21(19,20)11-5-9(13)4-10(17)8(11)3/h4-5,7H,6,17H2,1-3H3. The van der Waals surface area contributed by atoms with Crippen molar-refractivity contribution in [2.75, 3.05) is 12.3 Å². The van der Waals surface area contributed by atoms with Gasteiger partial charge in [0.15, 0.2) is 0 Å². The molecule has 0 radical (unpaired) electrons. The molecule has 1 aromatic rings. The first-order valence-corrected chi connectivity index (χ1v) is 8.24. The second kappa shape index (κ2) is 6.13. The van der Waals surface area contributed by atoms with Crippen molar-refractivity contribution >= 4 is 31.6 Å². The van der Waals surface area contributed by atoms with E-state index >= 15 is 0 Å². The zero-order valence-corrected chi connectivity index (χ0v) is 14.1. The number of nitrogen functional groups attached to an aromatic ring is 1. The van der Waals surface area contributed by atoms with Crippen molar-refractivity contribution in [2.45, 2.75) is 37.9 Å². The van der Waals surface area contributed by atoms with Gasteiger partial charge in [0, 0.05) is 16.2 Å². The molecule has 0 unspecified atom stereocenters. The number of nitrogens with zero attached hydrogens (tertiary/aromatic N) is 1. The summed E-state index contributed by atoms with van der Waals surface area (Å²) in [7, 11) is -4.31. The van der Waals surface area contributed by atoms with E-state index in [0.717, 1.165) is 0 Å². The van der Waals surface area contributed by atoms with Crippen LogP contribution >= 0.6 is 15.9 Å². The quantitative estimate of drug-likeness (QED) is 0.804. The van der Waals surface area contributed by atoms with E-state index in [4.69, 9.17) is 5.73 Å². The van der Waals surface area contributed by atoms with Crippen LogP contribution < -0.4 is 5.73 Å². The molecule has 0 saturated heterocycles. The van der Waals surface area contributed by atoms with E-state index in [1.54, 1.807) is 0 Å².